The molecule has 0 aromatic carbocycles. The summed E-state index contributed by atoms with van der Waals surface area (Å²) in [7, 11) is 1.37. The van der Waals surface area contributed by atoms with E-state index in [1.165, 1.54) is 13.5 Å². The summed E-state index contributed by atoms with van der Waals surface area (Å²) in [5, 5.41) is 0.0985. The van der Waals surface area contributed by atoms with Gasteiger partial charge in [-0.05, 0) is 25.5 Å². The van der Waals surface area contributed by atoms with Gasteiger partial charge in [0.25, 0.3) is 0 Å². The maximum Gasteiger partial charge on any atom is 0.307 e. The van der Waals surface area contributed by atoms with Crippen molar-refractivity contribution in [1.29, 1.82) is 0 Å². The number of rotatable bonds is 5. The van der Waals surface area contributed by atoms with Crippen molar-refractivity contribution in [3.05, 3.63) is 0 Å². The van der Waals surface area contributed by atoms with Crippen LogP contribution in [0.15, 0.2) is 0 Å². The summed E-state index contributed by atoms with van der Waals surface area (Å²) in [5.74, 6) is 0.999. The molecule has 1 heterocycles. The smallest absolute Gasteiger partial charge is 0.307 e. The van der Waals surface area contributed by atoms with Gasteiger partial charge in [0.2, 0.25) is 5.91 Å². The molecule has 5 heteroatoms. The van der Waals surface area contributed by atoms with Gasteiger partial charge >= 0.3 is 5.97 Å². The Hall–Kier alpha value is -0.710. The second-order valence-electron chi connectivity index (χ2n) is 4.10. The number of methoxy groups -OCH3 is 1. The number of hydrogen-bond acceptors (Lipinski definition) is 4. The highest BCUT2D eigenvalue weighted by Gasteiger charge is 2.25. The fourth-order valence-corrected chi connectivity index (χ4v) is 3.17. The van der Waals surface area contributed by atoms with E-state index in [4.69, 9.17) is 0 Å². The second kappa shape index (κ2) is 7.58. The average molecular weight is 259 g/mol. The van der Waals surface area contributed by atoms with Crippen LogP contribution in [0.5, 0.6) is 0 Å². The van der Waals surface area contributed by atoms with E-state index in [1.54, 1.807) is 16.7 Å². The molecule has 1 aliphatic heterocycles. The third-order valence-corrected chi connectivity index (χ3v) is 4.33. The lowest BCUT2D eigenvalue weighted by Gasteiger charge is -2.27. The number of hydrogen-bond donors (Lipinski definition) is 0. The molecule has 0 saturated carbocycles. The van der Waals surface area contributed by atoms with Gasteiger partial charge in [0.1, 0.15) is 0 Å². The standard InChI is InChI=1S/C12H21NO3S/c1-3-13(8-7-11(14)16-2)12(15)10-6-4-5-9-17-10/h10H,3-9H2,1-2H3. The number of esters is 1. The molecule has 1 rings (SSSR count). The average Bonchev–Trinajstić information content (AvgIpc) is 2.39. The monoisotopic (exact) mass is 259 g/mol. The molecule has 0 bridgehead atoms. The lowest BCUT2D eigenvalue weighted by atomic mass is 10.1. The van der Waals surface area contributed by atoms with E-state index in [-0.39, 0.29) is 23.5 Å². The highest BCUT2D eigenvalue weighted by Crippen LogP contribution is 2.26. The summed E-state index contributed by atoms with van der Waals surface area (Å²) >= 11 is 1.75. The molecule has 1 atom stereocenters. The van der Waals surface area contributed by atoms with Gasteiger partial charge < -0.3 is 9.64 Å². The Morgan fingerprint density at radius 3 is 2.71 bits per heavy atom. The minimum Gasteiger partial charge on any atom is -0.469 e. The van der Waals surface area contributed by atoms with Gasteiger partial charge in [0.15, 0.2) is 0 Å². The van der Waals surface area contributed by atoms with Crippen LogP contribution in [-0.2, 0) is 14.3 Å². The lowest BCUT2D eigenvalue weighted by molar-refractivity contribution is -0.141. The summed E-state index contributed by atoms with van der Waals surface area (Å²) in [6.45, 7) is 3.08. The fourth-order valence-electron chi connectivity index (χ4n) is 1.89. The van der Waals surface area contributed by atoms with Crippen molar-refractivity contribution >= 4 is 23.6 Å². The van der Waals surface area contributed by atoms with Gasteiger partial charge in [-0.1, -0.05) is 6.42 Å². The summed E-state index contributed by atoms with van der Waals surface area (Å²) < 4.78 is 4.59. The third-order valence-electron chi connectivity index (χ3n) is 2.96. The van der Waals surface area contributed by atoms with Crippen LogP contribution in [0.25, 0.3) is 0 Å². The first-order chi connectivity index (χ1) is 8.19. The van der Waals surface area contributed by atoms with Gasteiger partial charge in [-0.3, -0.25) is 9.59 Å². The Balaban J connectivity index is 2.42. The number of amides is 1. The Morgan fingerprint density at radius 2 is 2.18 bits per heavy atom. The van der Waals surface area contributed by atoms with E-state index >= 15 is 0 Å². The van der Waals surface area contributed by atoms with Crippen LogP contribution in [-0.4, -0.2) is 48.0 Å². The Morgan fingerprint density at radius 1 is 1.41 bits per heavy atom. The highest BCUT2D eigenvalue weighted by molar-refractivity contribution is 8.00. The normalized spacial score (nSPS) is 19.8. The molecule has 98 valence electrons. The summed E-state index contributed by atoms with van der Waals surface area (Å²) in [4.78, 5) is 25.0. The summed E-state index contributed by atoms with van der Waals surface area (Å²) in [6.07, 6.45) is 3.60. The predicted molar refractivity (Wildman–Crippen MR) is 69.0 cm³/mol. The first-order valence-electron chi connectivity index (χ1n) is 6.16. The molecule has 17 heavy (non-hydrogen) atoms. The minimum atomic E-state index is -0.257. The molecule has 1 saturated heterocycles. The molecule has 1 aliphatic rings. The van der Waals surface area contributed by atoms with E-state index in [0.29, 0.717) is 13.1 Å². The summed E-state index contributed by atoms with van der Waals surface area (Å²) in [6, 6.07) is 0. The van der Waals surface area contributed by atoms with E-state index in [1.807, 2.05) is 6.92 Å². The van der Waals surface area contributed by atoms with Crippen molar-refractivity contribution in [2.24, 2.45) is 0 Å². The fraction of sp³-hybridized carbons (Fsp3) is 0.833. The highest BCUT2D eigenvalue weighted by atomic mass is 32.2. The SMILES string of the molecule is CCN(CCC(=O)OC)C(=O)C1CCCCS1. The quantitative estimate of drug-likeness (QED) is 0.705. The van der Waals surface area contributed by atoms with E-state index in [2.05, 4.69) is 4.74 Å². The van der Waals surface area contributed by atoms with Crippen molar-refractivity contribution in [2.45, 2.75) is 37.9 Å². The lowest BCUT2D eigenvalue weighted by Crippen LogP contribution is -2.39. The van der Waals surface area contributed by atoms with Crippen molar-refractivity contribution in [3.63, 3.8) is 0 Å². The molecule has 0 aromatic heterocycles. The maximum absolute atomic E-state index is 12.2. The van der Waals surface area contributed by atoms with Crippen molar-refractivity contribution < 1.29 is 14.3 Å². The van der Waals surface area contributed by atoms with Crippen LogP contribution >= 0.6 is 11.8 Å². The van der Waals surface area contributed by atoms with E-state index in [0.717, 1.165) is 18.6 Å². The van der Waals surface area contributed by atoms with Crippen LogP contribution in [0.3, 0.4) is 0 Å². The van der Waals surface area contributed by atoms with Crippen molar-refractivity contribution in [2.75, 3.05) is 26.0 Å². The van der Waals surface area contributed by atoms with Crippen LogP contribution in [0.1, 0.15) is 32.6 Å². The summed E-state index contributed by atoms with van der Waals surface area (Å²) in [5.41, 5.74) is 0. The minimum absolute atomic E-state index is 0.0985. The van der Waals surface area contributed by atoms with Crippen molar-refractivity contribution in [1.82, 2.24) is 4.90 Å². The van der Waals surface area contributed by atoms with Crippen LogP contribution in [0.2, 0.25) is 0 Å². The van der Waals surface area contributed by atoms with Crippen LogP contribution in [0, 0.1) is 0 Å². The first kappa shape index (κ1) is 14.4. The molecule has 0 spiro atoms. The maximum atomic E-state index is 12.2. The molecular weight excluding hydrogens is 238 g/mol. The molecule has 1 unspecified atom stereocenters. The van der Waals surface area contributed by atoms with Gasteiger partial charge in [-0.25, -0.2) is 0 Å². The molecule has 0 radical (unpaired) electrons. The van der Waals surface area contributed by atoms with E-state index in [9.17, 15) is 9.59 Å². The molecule has 0 aromatic rings. The molecular formula is C12H21NO3S. The van der Waals surface area contributed by atoms with E-state index < -0.39 is 0 Å². The first-order valence-corrected chi connectivity index (χ1v) is 7.21. The molecule has 4 nitrogen and oxygen atoms in total. The number of thioether (sulfide) groups is 1. The number of carbonyl (C=O) groups is 2. The number of carbonyl (C=O) groups excluding carboxylic acids is 2. The van der Waals surface area contributed by atoms with Gasteiger partial charge in [0, 0.05) is 13.1 Å². The van der Waals surface area contributed by atoms with Crippen molar-refractivity contribution in [3.8, 4) is 0 Å². The Kier molecular flexibility index (Phi) is 6.40. The van der Waals surface area contributed by atoms with Gasteiger partial charge in [0.05, 0.1) is 18.8 Å². The topological polar surface area (TPSA) is 46.6 Å². The third kappa shape index (κ3) is 4.58. The second-order valence-corrected chi connectivity index (χ2v) is 5.41. The predicted octanol–water partition coefficient (Wildman–Crippen LogP) is 1.68. The largest absolute Gasteiger partial charge is 0.469 e. The van der Waals surface area contributed by atoms with Gasteiger partial charge in [-0.15, -0.1) is 11.8 Å². The zero-order valence-corrected chi connectivity index (χ0v) is 11.4. The number of nitrogens with zero attached hydrogens (tertiary/aromatic N) is 1. The zero-order valence-electron chi connectivity index (χ0n) is 10.6. The molecule has 1 amide bonds. The molecule has 0 N–H and O–H groups in total. The van der Waals surface area contributed by atoms with Crippen LogP contribution < -0.4 is 0 Å². The molecule has 0 aliphatic carbocycles. The van der Waals surface area contributed by atoms with Gasteiger partial charge in [-0.2, -0.15) is 0 Å². The Bertz CT molecular complexity index is 264. The zero-order chi connectivity index (χ0) is 12.7. The molecule has 1 fully saturated rings. The van der Waals surface area contributed by atoms with Crippen LogP contribution in [0.4, 0.5) is 0 Å². The number of ether oxygens (including phenoxy) is 1. The Labute approximate surface area is 107 Å².